The van der Waals surface area contributed by atoms with E-state index in [9.17, 15) is 9.59 Å². The van der Waals surface area contributed by atoms with Crippen LogP contribution in [0.2, 0.25) is 0 Å². The highest BCUT2D eigenvalue weighted by atomic mass is 16.3. The van der Waals surface area contributed by atoms with Crippen LogP contribution in [0.25, 0.3) is 0 Å². The molecule has 14 heavy (non-hydrogen) atoms. The number of carbonyl (C=O) groups excluding carboxylic acids is 2. The van der Waals surface area contributed by atoms with Crippen LogP contribution in [0.3, 0.4) is 0 Å². The minimum Gasteiger partial charge on any atom is -0.392 e. The Morgan fingerprint density at radius 3 is 1.86 bits per heavy atom. The van der Waals surface area contributed by atoms with E-state index in [1.807, 2.05) is 13.8 Å². The van der Waals surface area contributed by atoms with E-state index in [1.54, 1.807) is 0 Å². The van der Waals surface area contributed by atoms with Crippen molar-refractivity contribution in [1.29, 1.82) is 0 Å². The number of rotatable bonds is 4. The first-order chi connectivity index (χ1) is 6.43. The van der Waals surface area contributed by atoms with Crippen molar-refractivity contribution >= 4 is 11.8 Å². The summed E-state index contributed by atoms with van der Waals surface area (Å²) in [4.78, 5) is 22.1. The zero-order valence-corrected chi connectivity index (χ0v) is 8.83. The maximum Gasteiger partial charge on any atom is 0.309 e. The Labute approximate surface area is 83.9 Å². The van der Waals surface area contributed by atoms with Gasteiger partial charge >= 0.3 is 11.8 Å². The van der Waals surface area contributed by atoms with E-state index in [-0.39, 0.29) is 6.54 Å². The molecular weight excluding hydrogens is 184 g/mol. The van der Waals surface area contributed by atoms with Gasteiger partial charge in [0.05, 0.1) is 6.10 Å². The summed E-state index contributed by atoms with van der Waals surface area (Å²) in [6.07, 6.45) is -0.642. The molecule has 0 aromatic carbocycles. The molecule has 0 aliphatic carbocycles. The number of amides is 2. The van der Waals surface area contributed by atoms with Crippen LogP contribution in [0.5, 0.6) is 0 Å². The number of hydrogen-bond acceptors (Lipinski definition) is 3. The maximum atomic E-state index is 11.1. The first-order valence-electron chi connectivity index (χ1n) is 4.67. The molecule has 0 saturated heterocycles. The monoisotopic (exact) mass is 202 g/mol. The Morgan fingerprint density at radius 2 is 1.50 bits per heavy atom. The second-order valence-corrected chi connectivity index (χ2v) is 3.66. The summed E-state index contributed by atoms with van der Waals surface area (Å²) in [5.41, 5.74) is 0. The van der Waals surface area contributed by atoms with Gasteiger partial charge < -0.3 is 15.7 Å². The highest BCUT2D eigenvalue weighted by molar-refractivity contribution is 6.35. The largest absolute Gasteiger partial charge is 0.392 e. The molecule has 1 atom stereocenters. The summed E-state index contributed by atoms with van der Waals surface area (Å²) in [6, 6.07) is 0. The zero-order valence-electron chi connectivity index (χ0n) is 8.83. The molecule has 0 aliphatic heterocycles. The lowest BCUT2D eigenvalue weighted by Crippen LogP contribution is -2.43. The van der Waals surface area contributed by atoms with E-state index < -0.39 is 17.9 Å². The number of aliphatic hydroxyl groups is 1. The second kappa shape index (κ2) is 6.37. The van der Waals surface area contributed by atoms with E-state index in [0.717, 1.165) is 0 Å². The molecule has 0 spiro atoms. The molecule has 0 rings (SSSR count). The van der Waals surface area contributed by atoms with Crippen molar-refractivity contribution in [3.63, 3.8) is 0 Å². The summed E-state index contributed by atoms with van der Waals surface area (Å²) in [6.45, 7) is 5.98. The van der Waals surface area contributed by atoms with Gasteiger partial charge in [-0.3, -0.25) is 9.59 Å². The number of aliphatic hydroxyl groups excluding tert-OH is 1. The molecule has 2 amide bonds. The predicted molar refractivity (Wildman–Crippen MR) is 52.5 cm³/mol. The zero-order chi connectivity index (χ0) is 11.1. The molecule has 0 saturated carbocycles. The third-order valence-corrected chi connectivity index (χ3v) is 1.44. The topological polar surface area (TPSA) is 78.4 Å². The van der Waals surface area contributed by atoms with Crippen LogP contribution >= 0.6 is 0 Å². The van der Waals surface area contributed by atoms with Gasteiger partial charge in [-0.05, 0) is 12.8 Å². The predicted octanol–water partition coefficient (Wildman–Crippen LogP) is -0.744. The van der Waals surface area contributed by atoms with E-state index in [4.69, 9.17) is 5.11 Å². The smallest absolute Gasteiger partial charge is 0.309 e. The van der Waals surface area contributed by atoms with Gasteiger partial charge in [0.25, 0.3) is 0 Å². The Hall–Kier alpha value is -1.10. The summed E-state index contributed by atoms with van der Waals surface area (Å²) in [5, 5.41) is 13.6. The fourth-order valence-corrected chi connectivity index (χ4v) is 0.698. The van der Waals surface area contributed by atoms with Gasteiger partial charge in [-0.25, -0.2) is 0 Å². The maximum absolute atomic E-state index is 11.1. The summed E-state index contributed by atoms with van der Waals surface area (Å²) >= 11 is 0. The number of nitrogens with one attached hydrogen (secondary N) is 2. The van der Waals surface area contributed by atoms with Crippen LogP contribution in [0.1, 0.15) is 20.8 Å². The molecule has 82 valence electrons. The lowest BCUT2D eigenvalue weighted by Gasteiger charge is -2.08. The Balaban J connectivity index is 3.71. The molecule has 1 unspecified atom stereocenters. The van der Waals surface area contributed by atoms with Crippen molar-refractivity contribution in [2.24, 2.45) is 5.92 Å². The molecular formula is C9H18N2O3. The molecule has 3 N–H and O–H groups in total. The highest BCUT2D eigenvalue weighted by Gasteiger charge is 2.13. The van der Waals surface area contributed by atoms with Gasteiger partial charge in [0.1, 0.15) is 0 Å². The molecule has 0 aliphatic rings. The summed E-state index contributed by atoms with van der Waals surface area (Å²) in [7, 11) is 0. The molecule has 0 heterocycles. The Kier molecular flexibility index (Phi) is 5.87. The van der Waals surface area contributed by atoms with Crippen molar-refractivity contribution in [2.75, 3.05) is 13.1 Å². The van der Waals surface area contributed by atoms with Crippen LogP contribution in [0.15, 0.2) is 0 Å². The fraction of sp³-hybridized carbons (Fsp3) is 0.778. The third kappa shape index (κ3) is 6.42. The number of carbonyl (C=O) groups is 2. The van der Waals surface area contributed by atoms with Crippen LogP contribution in [0.4, 0.5) is 0 Å². The van der Waals surface area contributed by atoms with Gasteiger partial charge in [-0.2, -0.15) is 0 Å². The molecule has 0 fully saturated rings. The lowest BCUT2D eigenvalue weighted by atomic mass is 10.2. The van der Waals surface area contributed by atoms with Crippen LogP contribution < -0.4 is 10.6 Å². The van der Waals surface area contributed by atoms with E-state index in [2.05, 4.69) is 10.6 Å². The SMILES string of the molecule is CC(C)CNC(=O)C(=O)NCC(C)O. The van der Waals surface area contributed by atoms with Gasteiger partial charge in [0, 0.05) is 13.1 Å². The van der Waals surface area contributed by atoms with E-state index in [1.165, 1.54) is 6.92 Å². The van der Waals surface area contributed by atoms with Crippen molar-refractivity contribution in [3.8, 4) is 0 Å². The van der Waals surface area contributed by atoms with E-state index in [0.29, 0.717) is 12.5 Å². The summed E-state index contributed by atoms with van der Waals surface area (Å²) < 4.78 is 0. The lowest BCUT2D eigenvalue weighted by molar-refractivity contribution is -0.139. The first-order valence-corrected chi connectivity index (χ1v) is 4.67. The Bertz CT molecular complexity index is 180. The average molecular weight is 202 g/mol. The molecule has 0 radical (unpaired) electrons. The second-order valence-electron chi connectivity index (χ2n) is 3.66. The average Bonchev–Trinajstić information content (AvgIpc) is 2.09. The van der Waals surface area contributed by atoms with Crippen molar-refractivity contribution < 1.29 is 14.7 Å². The third-order valence-electron chi connectivity index (χ3n) is 1.44. The van der Waals surface area contributed by atoms with Gasteiger partial charge in [0.2, 0.25) is 0 Å². The highest BCUT2D eigenvalue weighted by Crippen LogP contribution is 1.86. The number of hydrogen-bond donors (Lipinski definition) is 3. The van der Waals surface area contributed by atoms with Crippen LogP contribution in [-0.4, -0.2) is 36.1 Å². The molecule has 5 heteroatoms. The van der Waals surface area contributed by atoms with Crippen molar-refractivity contribution in [2.45, 2.75) is 26.9 Å². The van der Waals surface area contributed by atoms with Gasteiger partial charge in [0.15, 0.2) is 0 Å². The minimum absolute atomic E-state index is 0.0912. The molecule has 5 nitrogen and oxygen atoms in total. The Morgan fingerprint density at radius 1 is 1.07 bits per heavy atom. The quantitative estimate of drug-likeness (QED) is 0.525. The molecule has 0 aromatic heterocycles. The molecule has 0 aromatic rings. The standard InChI is InChI=1S/C9H18N2O3/c1-6(2)4-10-8(13)9(14)11-5-7(3)12/h6-7,12H,4-5H2,1-3H3,(H,10,13)(H,11,14). The van der Waals surface area contributed by atoms with E-state index >= 15 is 0 Å². The van der Waals surface area contributed by atoms with Gasteiger partial charge in [-0.1, -0.05) is 13.8 Å². The summed E-state index contributed by atoms with van der Waals surface area (Å²) in [5.74, 6) is -1.05. The van der Waals surface area contributed by atoms with Gasteiger partial charge in [-0.15, -0.1) is 0 Å². The van der Waals surface area contributed by atoms with Crippen LogP contribution in [0, 0.1) is 5.92 Å². The molecule has 0 bridgehead atoms. The first kappa shape index (κ1) is 12.9. The van der Waals surface area contributed by atoms with Crippen LogP contribution in [-0.2, 0) is 9.59 Å². The van der Waals surface area contributed by atoms with Crippen molar-refractivity contribution in [3.05, 3.63) is 0 Å². The van der Waals surface area contributed by atoms with Crippen molar-refractivity contribution in [1.82, 2.24) is 10.6 Å². The normalized spacial score (nSPS) is 12.4. The fourth-order valence-electron chi connectivity index (χ4n) is 0.698. The minimum atomic E-state index is -0.702.